The van der Waals surface area contributed by atoms with Gasteiger partial charge in [0.15, 0.2) is 0 Å². The molecule has 2 rings (SSSR count). The van der Waals surface area contributed by atoms with Crippen molar-refractivity contribution in [3.63, 3.8) is 0 Å². The van der Waals surface area contributed by atoms with Crippen molar-refractivity contribution >= 4 is 21.6 Å². The van der Waals surface area contributed by atoms with Gasteiger partial charge in [-0.15, -0.1) is 0 Å². The Labute approximate surface area is 114 Å². The van der Waals surface area contributed by atoms with Gasteiger partial charge in [0.2, 0.25) is 0 Å². The van der Waals surface area contributed by atoms with Crippen molar-refractivity contribution in [2.45, 2.75) is 13.5 Å². The number of hydrogen-bond acceptors (Lipinski definition) is 2. The first-order valence-electron chi connectivity index (χ1n) is 5.53. The number of anilines is 1. The van der Waals surface area contributed by atoms with Gasteiger partial charge in [0, 0.05) is 22.3 Å². The molecule has 0 aliphatic carbocycles. The molecule has 0 spiro atoms. The number of aryl methyl sites for hydroxylation is 1. The molecule has 4 heteroatoms. The zero-order valence-electron chi connectivity index (χ0n) is 9.87. The Morgan fingerprint density at radius 2 is 2.00 bits per heavy atom. The average Bonchev–Trinajstić information content (AvgIpc) is 2.34. The summed E-state index contributed by atoms with van der Waals surface area (Å²) in [5.74, 6) is -0.257. The van der Waals surface area contributed by atoms with Crippen LogP contribution in [0, 0.1) is 12.7 Å². The summed E-state index contributed by atoms with van der Waals surface area (Å²) in [5, 5.41) is 12.8. The molecule has 2 N–H and O–H groups in total. The van der Waals surface area contributed by atoms with E-state index in [1.807, 2.05) is 25.1 Å². The van der Waals surface area contributed by atoms with Crippen molar-refractivity contribution in [3.05, 3.63) is 57.8 Å². The van der Waals surface area contributed by atoms with Crippen LogP contribution in [0.5, 0.6) is 5.75 Å². The van der Waals surface area contributed by atoms with Crippen molar-refractivity contribution in [2.24, 2.45) is 0 Å². The maximum Gasteiger partial charge on any atom is 0.123 e. The molecule has 0 fully saturated rings. The molecule has 18 heavy (non-hydrogen) atoms. The standard InChI is InChI=1S/C14H13BrFNO/c1-9-2-3-11(15)7-13(9)17-8-10-6-12(16)4-5-14(10)18/h2-7,17-18H,8H2,1H3. The van der Waals surface area contributed by atoms with Crippen LogP contribution in [0.2, 0.25) is 0 Å². The minimum atomic E-state index is -0.351. The summed E-state index contributed by atoms with van der Waals surface area (Å²) >= 11 is 3.40. The summed E-state index contributed by atoms with van der Waals surface area (Å²) in [7, 11) is 0. The molecule has 0 aliphatic heterocycles. The molecule has 0 heterocycles. The number of halogens is 2. The quantitative estimate of drug-likeness (QED) is 0.890. The summed E-state index contributed by atoms with van der Waals surface area (Å²) in [5.41, 5.74) is 2.58. The maximum absolute atomic E-state index is 13.1. The number of aromatic hydroxyl groups is 1. The highest BCUT2D eigenvalue weighted by atomic mass is 79.9. The Hall–Kier alpha value is -1.55. The summed E-state index contributed by atoms with van der Waals surface area (Å²) < 4.78 is 14.0. The van der Waals surface area contributed by atoms with Gasteiger partial charge in [-0.05, 0) is 42.8 Å². The molecular formula is C14H13BrFNO. The Morgan fingerprint density at radius 1 is 1.22 bits per heavy atom. The summed E-state index contributed by atoms with van der Waals surface area (Å²) in [6, 6.07) is 9.82. The van der Waals surface area contributed by atoms with E-state index in [1.165, 1.54) is 18.2 Å². The van der Waals surface area contributed by atoms with E-state index in [2.05, 4.69) is 21.2 Å². The molecule has 0 unspecified atom stereocenters. The van der Waals surface area contributed by atoms with Crippen LogP contribution >= 0.6 is 15.9 Å². The van der Waals surface area contributed by atoms with E-state index in [1.54, 1.807) is 0 Å². The van der Waals surface area contributed by atoms with Crippen LogP contribution in [0.1, 0.15) is 11.1 Å². The van der Waals surface area contributed by atoms with Gasteiger partial charge in [-0.2, -0.15) is 0 Å². The Kier molecular flexibility index (Phi) is 3.87. The van der Waals surface area contributed by atoms with Crippen LogP contribution in [0.15, 0.2) is 40.9 Å². The van der Waals surface area contributed by atoms with Crippen molar-refractivity contribution in [1.29, 1.82) is 0 Å². The fourth-order valence-corrected chi connectivity index (χ4v) is 2.03. The average molecular weight is 310 g/mol. The molecule has 0 amide bonds. The smallest absolute Gasteiger partial charge is 0.123 e. The fourth-order valence-electron chi connectivity index (χ4n) is 1.67. The Balaban J connectivity index is 2.16. The van der Waals surface area contributed by atoms with Crippen LogP contribution < -0.4 is 5.32 Å². The van der Waals surface area contributed by atoms with Gasteiger partial charge in [0.25, 0.3) is 0 Å². The molecule has 0 bridgehead atoms. The number of phenolic OH excluding ortho intramolecular Hbond substituents is 1. The molecule has 2 nitrogen and oxygen atoms in total. The predicted molar refractivity (Wildman–Crippen MR) is 74.3 cm³/mol. The highest BCUT2D eigenvalue weighted by Gasteiger charge is 2.04. The van der Waals surface area contributed by atoms with Crippen LogP contribution in [-0.4, -0.2) is 5.11 Å². The minimum Gasteiger partial charge on any atom is -0.508 e. The second kappa shape index (κ2) is 5.40. The van der Waals surface area contributed by atoms with Crippen molar-refractivity contribution < 1.29 is 9.50 Å². The molecular weight excluding hydrogens is 297 g/mol. The lowest BCUT2D eigenvalue weighted by Crippen LogP contribution is -2.01. The lowest BCUT2D eigenvalue weighted by atomic mass is 10.1. The number of hydrogen-bond donors (Lipinski definition) is 2. The van der Waals surface area contributed by atoms with Gasteiger partial charge in [-0.3, -0.25) is 0 Å². The SMILES string of the molecule is Cc1ccc(Br)cc1NCc1cc(F)ccc1O. The van der Waals surface area contributed by atoms with E-state index < -0.39 is 0 Å². The zero-order chi connectivity index (χ0) is 13.1. The highest BCUT2D eigenvalue weighted by molar-refractivity contribution is 9.10. The molecule has 0 aliphatic rings. The lowest BCUT2D eigenvalue weighted by molar-refractivity contribution is 0.466. The Morgan fingerprint density at radius 3 is 2.78 bits per heavy atom. The third-order valence-corrected chi connectivity index (χ3v) is 3.20. The van der Waals surface area contributed by atoms with Gasteiger partial charge >= 0.3 is 0 Å². The van der Waals surface area contributed by atoms with Crippen molar-refractivity contribution in [3.8, 4) is 5.75 Å². The lowest BCUT2D eigenvalue weighted by Gasteiger charge is -2.11. The van der Waals surface area contributed by atoms with Gasteiger partial charge in [0.1, 0.15) is 11.6 Å². The van der Waals surface area contributed by atoms with Gasteiger partial charge < -0.3 is 10.4 Å². The molecule has 94 valence electrons. The number of nitrogens with one attached hydrogen (secondary N) is 1. The maximum atomic E-state index is 13.1. The van der Waals surface area contributed by atoms with Crippen LogP contribution in [-0.2, 0) is 6.54 Å². The Bertz CT molecular complexity index is 520. The molecule has 2 aromatic carbocycles. The van der Waals surface area contributed by atoms with E-state index in [0.717, 1.165) is 15.7 Å². The first-order chi connectivity index (χ1) is 8.56. The normalized spacial score (nSPS) is 10.4. The van der Waals surface area contributed by atoms with E-state index in [4.69, 9.17) is 0 Å². The van der Waals surface area contributed by atoms with E-state index in [-0.39, 0.29) is 11.6 Å². The second-order valence-corrected chi connectivity index (χ2v) is 5.00. The number of rotatable bonds is 3. The summed E-state index contributed by atoms with van der Waals surface area (Å²) in [6.45, 7) is 2.36. The third kappa shape index (κ3) is 3.01. The van der Waals surface area contributed by atoms with Crippen molar-refractivity contribution in [1.82, 2.24) is 0 Å². The first-order valence-corrected chi connectivity index (χ1v) is 6.33. The van der Waals surface area contributed by atoms with E-state index in [0.29, 0.717) is 12.1 Å². The van der Waals surface area contributed by atoms with Crippen LogP contribution in [0.4, 0.5) is 10.1 Å². The monoisotopic (exact) mass is 309 g/mol. The molecule has 0 saturated heterocycles. The minimum absolute atomic E-state index is 0.0940. The molecule has 0 radical (unpaired) electrons. The van der Waals surface area contributed by atoms with E-state index in [9.17, 15) is 9.50 Å². The summed E-state index contributed by atoms with van der Waals surface area (Å²) in [6.07, 6.45) is 0. The van der Waals surface area contributed by atoms with Crippen LogP contribution in [0.25, 0.3) is 0 Å². The highest BCUT2D eigenvalue weighted by Crippen LogP contribution is 2.23. The number of benzene rings is 2. The fraction of sp³-hybridized carbons (Fsp3) is 0.143. The van der Waals surface area contributed by atoms with E-state index >= 15 is 0 Å². The van der Waals surface area contributed by atoms with Crippen LogP contribution in [0.3, 0.4) is 0 Å². The first kappa shape index (κ1) is 12.9. The molecule has 0 aromatic heterocycles. The van der Waals surface area contributed by atoms with Gasteiger partial charge in [-0.25, -0.2) is 4.39 Å². The topological polar surface area (TPSA) is 32.3 Å². The predicted octanol–water partition coefficient (Wildman–Crippen LogP) is 4.21. The van der Waals surface area contributed by atoms with Gasteiger partial charge in [0.05, 0.1) is 0 Å². The van der Waals surface area contributed by atoms with Gasteiger partial charge in [-0.1, -0.05) is 22.0 Å². The number of phenols is 1. The molecule has 2 aromatic rings. The molecule has 0 atom stereocenters. The molecule has 0 saturated carbocycles. The summed E-state index contributed by atoms with van der Waals surface area (Å²) in [4.78, 5) is 0. The second-order valence-electron chi connectivity index (χ2n) is 4.09. The largest absolute Gasteiger partial charge is 0.508 e. The third-order valence-electron chi connectivity index (χ3n) is 2.71. The zero-order valence-corrected chi connectivity index (χ0v) is 11.5. The van der Waals surface area contributed by atoms with Crippen molar-refractivity contribution in [2.75, 3.05) is 5.32 Å².